The molecule has 0 atom stereocenters. The zero-order valence-corrected chi connectivity index (χ0v) is 11.4. The standard InChI is InChI=1S/C13H13N5OS/c14-7-11(18-16)13(15)9-2-1-3-10(6-9)19-8-12-17-4-5-20-12/h1-6,18H,8,15-16H2/b13-11-. The van der Waals surface area contributed by atoms with Crippen molar-refractivity contribution in [3.63, 3.8) is 0 Å². The van der Waals surface area contributed by atoms with Crippen LogP contribution in [0.2, 0.25) is 0 Å². The average Bonchev–Trinajstić information content (AvgIpc) is 3.00. The number of nitrogens with one attached hydrogen (secondary N) is 1. The summed E-state index contributed by atoms with van der Waals surface area (Å²) in [5.74, 6) is 5.88. The number of allylic oxidation sites excluding steroid dienone is 1. The maximum absolute atomic E-state index is 8.89. The number of nitriles is 1. The van der Waals surface area contributed by atoms with Crippen molar-refractivity contribution in [2.75, 3.05) is 0 Å². The van der Waals surface area contributed by atoms with Gasteiger partial charge >= 0.3 is 0 Å². The van der Waals surface area contributed by atoms with Gasteiger partial charge < -0.3 is 15.9 Å². The van der Waals surface area contributed by atoms with E-state index in [1.54, 1.807) is 24.4 Å². The number of nitrogens with two attached hydrogens (primary N) is 2. The fourth-order valence-corrected chi connectivity index (χ4v) is 2.06. The molecule has 0 unspecified atom stereocenters. The molecule has 2 rings (SSSR count). The smallest absolute Gasteiger partial charge is 0.151 e. The Morgan fingerprint density at radius 3 is 3.00 bits per heavy atom. The van der Waals surface area contributed by atoms with Crippen LogP contribution in [0.25, 0.3) is 5.70 Å². The SMILES string of the molecule is N#C/C(NN)=C(/N)c1cccc(OCc2nccs2)c1. The number of rotatable bonds is 5. The first kappa shape index (κ1) is 13.9. The van der Waals surface area contributed by atoms with Crippen molar-refractivity contribution in [1.82, 2.24) is 10.4 Å². The van der Waals surface area contributed by atoms with Crippen LogP contribution in [0, 0.1) is 11.3 Å². The van der Waals surface area contributed by atoms with Crippen LogP contribution < -0.4 is 21.7 Å². The van der Waals surface area contributed by atoms with E-state index in [4.69, 9.17) is 21.6 Å². The molecule has 0 aliphatic carbocycles. The predicted molar refractivity (Wildman–Crippen MR) is 76.9 cm³/mol. The van der Waals surface area contributed by atoms with Crippen LogP contribution in [0.5, 0.6) is 5.75 Å². The van der Waals surface area contributed by atoms with Crippen molar-refractivity contribution in [2.24, 2.45) is 11.6 Å². The van der Waals surface area contributed by atoms with Crippen molar-refractivity contribution >= 4 is 17.0 Å². The third kappa shape index (κ3) is 3.26. The molecule has 1 aromatic carbocycles. The van der Waals surface area contributed by atoms with E-state index in [1.165, 1.54) is 11.3 Å². The van der Waals surface area contributed by atoms with E-state index in [-0.39, 0.29) is 11.4 Å². The van der Waals surface area contributed by atoms with E-state index in [0.717, 1.165) is 5.01 Å². The topological polar surface area (TPSA) is 110 Å². The molecule has 20 heavy (non-hydrogen) atoms. The Morgan fingerprint density at radius 2 is 2.35 bits per heavy atom. The molecule has 102 valence electrons. The van der Waals surface area contributed by atoms with Crippen LogP contribution in [-0.2, 0) is 6.61 Å². The maximum atomic E-state index is 8.89. The average molecular weight is 287 g/mol. The second kappa shape index (κ2) is 6.56. The van der Waals surface area contributed by atoms with E-state index in [2.05, 4.69) is 10.4 Å². The quantitative estimate of drug-likeness (QED) is 0.435. The number of hydrogen-bond donors (Lipinski definition) is 3. The molecule has 0 saturated carbocycles. The second-order valence-corrected chi connectivity index (χ2v) is 4.77. The van der Waals surface area contributed by atoms with Crippen molar-refractivity contribution in [3.05, 3.63) is 52.1 Å². The van der Waals surface area contributed by atoms with Gasteiger partial charge in [-0.15, -0.1) is 11.3 Å². The highest BCUT2D eigenvalue weighted by Gasteiger charge is 2.06. The van der Waals surface area contributed by atoms with Crippen LogP contribution in [0.3, 0.4) is 0 Å². The van der Waals surface area contributed by atoms with Gasteiger partial charge in [-0.2, -0.15) is 5.26 Å². The number of aromatic nitrogens is 1. The van der Waals surface area contributed by atoms with Crippen LogP contribution >= 0.6 is 11.3 Å². The Hall–Kier alpha value is -2.56. The second-order valence-electron chi connectivity index (χ2n) is 3.79. The molecule has 0 aliphatic rings. The number of thiazole rings is 1. The highest BCUT2D eigenvalue weighted by atomic mass is 32.1. The summed E-state index contributed by atoms with van der Waals surface area (Å²) in [5.41, 5.74) is 9.19. The van der Waals surface area contributed by atoms with Gasteiger partial charge in [-0.05, 0) is 12.1 Å². The third-order valence-corrected chi connectivity index (χ3v) is 3.27. The lowest BCUT2D eigenvalue weighted by atomic mass is 10.1. The fourth-order valence-electron chi connectivity index (χ4n) is 1.54. The van der Waals surface area contributed by atoms with Gasteiger partial charge in [0.1, 0.15) is 23.4 Å². The largest absolute Gasteiger partial charge is 0.486 e. The Balaban J connectivity index is 2.16. The summed E-state index contributed by atoms with van der Waals surface area (Å²) in [6.45, 7) is 0.394. The van der Waals surface area contributed by atoms with E-state index >= 15 is 0 Å². The van der Waals surface area contributed by atoms with Crippen molar-refractivity contribution in [3.8, 4) is 11.8 Å². The highest BCUT2D eigenvalue weighted by Crippen LogP contribution is 2.20. The van der Waals surface area contributed by atoms with Gasteiger partial charge in [-0.3, -0.25) is 0 Å². The van der Waals surface area contributed by atoms with E-state index in [9.17, 15) is 0 Å². The lowest BCUT2D eigenvalue weighted by molar-refractivity contribution is 0.305. The minimum Gasteiger partial charge on any atom is -0.486 e. The Labute approximate surface area is 120 Å². The molecule has 1 aromatic heterocycles. The third-order valence-electron chi connectivity index (χ3n) is 2.52. The molecule has 0 radical (unpaired) electrons. The van der Waals surface area contributed by atoms with E-state index in [0.29, 0.717) is 17.9 Å². The van der Waals surface area contributed by atoms with Crippen molar-refractivity contribution in [1.29, 1.82) is 5.26 Å². The molecule has 7 heteroatoms. The monoisotopic (exact) mass is 287 g/mol. The lowest BCUT2D eigenvalue weighted by Crippen LogP contribution is -2.23. The molecule has 0 saturated heterocycles. The number of hydrogen-bond acceptors (Lipinski definition) is 7. The van der Waals surface area contributed by atoms with E-state index in [1.807, 2.05) is 17.5 Å². The summed E-state index contributed by atoms with van der Waals surface area (Å²) in [6.07, 6.45) is 1.73. The first-order chi connectivity index (χ1) is 9.74. The fraction of sp³-hybridized carbons (Fsp3) is 0.0769. The molecule has 0 amide bonds. The number of ether oxygens (including phenoxy) is 1. The minimum absolute atomic E-state index is 0.113. The number of benzene rings is 1. The summed E-state index contributed by atoms with van der Waals surface area (Å²) in [7, 11) is 0. The molecule has 5 N–H and O–H groups in total. The zero-order chi connectivity index (χ0) is 14.4. The molecule has 0 aliphatic heterocycles. The molecular weight excluding hydrogens is 274 g/mol. The Kier molecular flexibility index (Phi) is 4.55. The molecule has 0 spiro atoms. The normalized spacial score (nSPS) is 11.4. The van der Waals surface area contributed by atoms with Gasteiger partial charge in [0.2, 0.25) is 0 Å². The molecule has 0 fully saturated rings. The highest BCUT2D eigenvalue weighted by molar-refractivity contribution is 7.09. The first-order valence-corrected chi connectivity index (χ1v) is 6.60. The summed E-state index contributed by atoms with van der Waals surface area (Å²) < 4.78 is 5.62. The van der Waals surface area contributed by atoms with Gasteiger partial charge in [-0.25, -0.2) is 10.8 Å². The summed E-state index contributed by atoms with van der Waals surface area (Å²) in [6, 6.07) is 9.03. The maximum Gasteiger partial charge on any atom is 0.151 e. The Bertz CT molecular complexity index is 645. The Morgan fingerprint density at radius 1 is 1.50 bits per heavy atom. The van der Waals surface area contributed by atoms with Crippen molar-refractivity contribution < 1.29 is 4.74 Å². The predicted octanol–water partition coefficient (Wildman–Crippen LogP) is 1.34. The van der Waals surface area contributed by atoms with Crippen LogP contribution in [-0.4, -0.2) is 4.98 Å². The van der Waals surface area contributed by atoms with Crippen LogP contribution in [0.15, 0.2) is 41.5 Å². The molecule has 1 heterocycles. The van der Waals surface area contributed by atoms with Gasteiger partial charge in [0.15, 0.2) is 5.70 Å². The molecular formula is C13H13N5OS. The molecule has 6 nitrogen and oxygen atoms in total. The van der Waals surface area contributed by atoms with Crippen LogP contribution in [0.1, 0.15) is 10.6 Å². The summed E-state index contributed by atoms with van der Waals surface area (Å²) in [4.78, 5) is 4.13. The minimum atomic E-state index is 0.113. The lowest BCUT2D eigenvalue weighted by Gasteiger charge is -2.08. The molecule has 0 bridgehead atoms. The van der Waals surface area contributed by atoms with Gasteiger partial charge in [-0.1, -0.05) is 12.1 Å². The number of hydrazine groups is 1. The van der Waals surface area contributed by atoms with Gasteiger partial charge in [0.25, 0.3) is 0 Å². The van der Waals surface area contributed by atoms with E-state index < -0.39 is 0 Å². The zero-order valence-electron chi connectivity index (χ0n) is 10.5. The summed E-state index contributed by atoms with van der Waals surface area (Å²) in [5, 5.41) is 11.7. The van der Waals surface area contributed by atoms with Crippen molar-refractivity contribution in [2.45, 2.75) is 6.61 Å². The van der Waals surface area contributed by atoms with Gasteiger partial charge in [0, 0.05) is 17.1 Å². The van der Waals surface area contributed by atoms with Gasteiger partial charge in [0.05, 0.1) is 5.70 Å². The summed E-state index contributed by atoms with van der Waals surface area (Å²) >= 11 is 1.53. The van der Waals surface area contributed by atoms with Crippen LogP contribution in [0.4, 0.5) is 0 Å². The number of nitrogens with zero attached hydrogens (tertiary/aromatic N) is 2. The first-order valence-electron chi connectivity index (χ1n) is 5.72. The molecule has 2 aromatic rings.